The van der Waals surface area contributed by atoms with Gasteiger partial charge in [-0.05, 0) is 80.7 Å². The molecule has 58 heavy (non-hydrogen) atoms. The summed E-state index contributed by atoms with van der Waals surface area (Å²) in [5, 5.41) is 20.6. The number of nitrogens with zero attached hydrogens (tertiary/aromatic N) is 1. The Kier molecular flexibility index (Phi) is 17.4. The Morgan fingerprint density at radius 3 is 2.09 bits per heavy atom. The zero-order valence-electron chi connectivity index (χ0n) is 33.5. The van der Waals surface area contributed by atoms with E-state index in [1.54, 1.807) is 53.4 Å². The number of likely N-dealkylation sites (tertiary alicyclic amines) is 1. The van der Waals surface area contributed by atoms with Gasteiger partial charge in [0.2, 0.25) is 17.6 Å². The van der Waals surface area contributed by atoms with E-state index in [0.29, 0.717) is 63.2 Å². The first-order valence-corrected chi connectivity index (χ1v) is 24.0. The molecule has 0 aromatic heterocycles. The summed E-state index contributed by atoms with van der Waals surface area (Å²) < 4.78 is 43.0. The molecule has 3 aromatic carbocycles. The number of aliphatic hydroxyl groups excluding tert-OH is 1. The minimum Gasteiger partial charge on any atom is -0.377 e. The maximum absolute atomic E-state index is 14.8. The van der Waals surface area contributed by atoms with Gasteiger partial charge in [-0.2, -0.15) is 4.89 Å². The summed E-state index contributed by atoms with van der Waals surface area (Å²) in [6.45, 7) is 2.82. The van der Waals surface area contributed by atoms with Crippen molar-refractivity contribution in [1.82, 2.24) is 20.8 Å². The van der Waals surface area contributed by atoms with Crippen LogP contribution in [0.15, 0.2) is 91.0 Å². The number of hydrogen-bond donors (Lipinski definition) is 5. The fourth-order valence-corrected chi connectivity index (χ4v) is 10.5. The van der Waals surface area contributed by atoms with Gasteiger partial charge in [-0.15, -0.1) is 0 Å². The molecule has 7 unspecified atom stereocenters. The van der Waals surface area contributed by atoms with E-state index in [0.717, 1.165) is 31.1 Å². The molecule has 1 aliphatic heterocycles. The third-order valence-corrected chi connectivity index (χ3v) is 14.1. The molecule has 2 radical (unpaired) electrons. The lowest BCUT2D eigenvalue weighted by atomic mass is 9.84. The molecule has 2 fully saturated rings. The first-order chi connectivity index (χ1) is 27.9. The maximum atomic E-state index is 14.8. The van der Waals surface area contributed by atoms with Crippen LogP contribution in [0, 0.1) is 5.92 Å². The van der Waals surface area contributed by atoms with Crippen molar-refractivity contribution < 1.29 is 41.8 Å². The Morgan fingerprint density at radius 2 is 1.50 bits per heavy atom. The number of amides is 2. The molecule has 0 spiro atoms. The van der Waals surface area contributed by atoms with Crippen molar-refractivity contribution in [2.75, 3.05) is 18.6 Å². The van der Waals surface area contributed by atoms with Gasteiger partial charge in [0.15, 0.2) is 19.5 Å². The zero-order valence-corrected chi connectivity index (χ0v) is 35.2. The van der Waals surface area contributed by atoms with Crippen LogP contribution in [0.4, 0.5) is 0 Å². The largest absolute Gasteiger partial charge is 0.513 e. The molecule has 314 valence electrons. The molecule has 16 heteroatoms. The standard InChI is InChI=1S/C42H58BN4O9PS/c1-3-39(57(51,55-33-20-9-5-10-21-33)56-34-22-11-6-12-23-34)45-41(49)38-29-32-19-13-14-25-37(32)47(38)42(50)36(26-28-58(2,52)53)44-40(48)35(46-43)24-15-16-27-54-30-31-17-7-4-8-18-31/h4-12,17-18,20-23,32,35-39,41,45-46,49,51H,3,13-16,19,24-30H2,1-2H3/p+1. The lowest BCUT2D eigenvalue weighted by Crippen LogP contribution is -2.60. The third kappa shape index (κ3) is 13.2. The van der Waals surface area contributed by atoms with Crippen molar-refractivity contribution in [2.24, 2.45) is 5.92 Å². The Labute approximate surface area is 345 Å². The van der Waals surface area contributed by atoms with E-state index >= 15 is 0 Å². The number of rotatable bonds is 23. The minimum absolute atomic E-state index is 0.0860. The maximum Gasteiger partial charge on any atom is 0.513 e. The number of hydrogen-bond acceptors (Lipinski definition) is 11. The average Bonchev–Trinajstić information content (AvgIpc) is 3.61. The molecule has 3 aromatic rings. The molecule has 13 nitrogen and oxygen atoms in total. The molecule has 1 aliphatic carbocycles. The number of unbranched alkanes of at least 4 members (excludes halogenated alkanes) is 1. The normalized spacial score (nSPS) is 20.3. The molecule has 7 atom stereocenters. The van der Waals surface area contributed by atoms with E-state index in [1.165, 1.54) is 0 Å². The molecule has 2 aliphatic rings. The smallest absolute Gasteiger partial charge is 0.377 e. The van der Waals surface area contributed by atoms with Gasteiger partial charge in [0, 0.05) is 25.3 Å². The highest BCUT2D eigenvalue weighted by Gasteiger charge is 2.56. The Hall–Kier alpha value is -3.56. The number of carbonyl (C=O) groups is 2. The highest BCUT2D eigenvalue weighted by atomic mass is 32.2. The summed E-state index contributed by atoms with van der Waals surface area (Å²) in [6.07, 6.45) is 5.46. The van der Waals surface area contributed by atoms with Crippen molar-refractivity contribution in [1.29, 1.82) is 0 Å². The van der Waals surface area contributed by atoms with Gasteiger partial charge in [-0.3, -0.25) is 18.6 Å². The summed E-state index contributed by atoms with van der Waals surface area (Å²) in [5.41, 5.74) is 1.07. The lowest BCUT2D eigenvalue weighted by Gasteiger charge is -2.38. The van der Waals surface area contributed by atoms with Crippen molar-refractivity contribution in [3.8, 4) is 11.5 Å². The van der Waals surface area contributed by atoms with Crippen LogP contribution in [0.2, 0.25) is 0 Å². The number of fused-ring (bicyclic) bond motifs is 1. The summed E-state index contributed by atoms with van der Waals surface area (Å²) in [4.78, 5) is 42.3. The highest BCUT2D eigenvalue weighted by Crippen LogP contribution is 2.60. The zero-order chi connectivity index (χ0) is 41.5. The number of benzene rings is 3. The molecule has 2 amide bonds. The van der Waals surface area contributed by atoms with E-state index in [9.17, 15) is 28.0 Å². The summed E-state index contributed by atoms with van der Waals surface area (Å²) in [5.74, 6) is -1.35. The van der Waals surface area contributed by atoms with Gasteiger partial charge in [0.1, 0.15) is 22.1 Å². The molecule has 5 rings (SSSR count). The molecular weight excluding hydrogens is 778 g/mol. The Bertz CT molecular complexity index is 1780. The summed E-state index contributed by atoms with van der Waals surface area (Å²) >= 11 is 0. The van der Waals surface area contributed by atoms with Crippen LogP contribution >= 0.6 is 7.94 Å². The number of sulfone groups is 1. The minimum atomic E-state index is -3.83. The first kappa shape index (κ1) is 45.5. The second-order valence-electron chi connectivity index (χ2n) is 15.3. The average molecular weight is 838 g/mol. The Balaban J connectivity index is 1.31. The second-order valence-corrected chi connectivity index (χ2v) is 19.7. The van der Waals surface area contributed by atoms with E-state index in [2.05, 4.69) is 15.9 Å². The molecular formula is C42H59BN4O9PS+. The number of aliphatic hydroxyl groups is 1. The van der Waals surface area contributed by atoms with E-state index in [4.69, 9.17) is 21.8 Å². The van der Waals surface area contributed by atoms with Gasteiger partial charge >= 0.3 is 7.94 Å². The molecule has 1 saturated heterocycles. The van der Waals surface area contributed by atoms with Gasteiger partial charge in [-0.25, -0.2) is 13.7 Å². The second kappa shape index (κ2) is 22.2. The van der Waals surface area contributed by atoms with Crippen LogP contribution in [0.1, 0.15) is 76.7 Å². The van der Waals surface area contributed by atoms with Gasteiger partial charge in [0.25, 0.3) is 0 Å². The fourth-order valence-electron chi connectivity index (χ4n) is 7.92. The number of nitrogens with one attached hydrogen (secondary N) is 3. The van der Waals surface area contributed by atoms with Crippen molar-refractivity contribution in [3.63, 3.8) is 0 Å². The van der Waals surface area contributed by atoms with Gasteiger partial charge in [0.05, 0.1) is 24.4 Å². The number of ether oxygens (including phenoxy) is 1. The number of para-hydroxylation sites is 2. The lowest BCUT2D eigenvalue weighted by molar-refractivity contribution is -0.142. The van der Waals surface area contributed by atoms with Gasteiger partial charge in [-0.1, -0.05) is 86.5 Å². The monoisotopic (exact) mass is 837 g/mol. The first-order valence-electron chi connectivity index (χ1n) is 20.3. The van der Waals surface area contributed by atoms with Crippen LogP contribution in [0.5, 0.6) is 11.5 Å². The molecule has 1 heterocycles. The van der Waals surface area contributed by atoms with Crippen LogP contribution < -0.4 is 24.9 Å². The van der Waals surface area contributed by atoms with E-state index in [1.807, 2.05) is 49.4 Å². The van der Waals surface area contributed by atoms with Crippen molar-refractivity contribution >= 4 is 37.6 Å². The predicted molar refractivity (Wildman–Crippen MR) is 226 cm³/mol. The van der Waals surface area contributed by atoms with Crippen molar-refractivity contribution in [3.05, 3.63) is 96.6 Å². The summed E-state index contributed by atoms with van der Waals surface area (Å²) in [7, 11) is -1.51. The molecule has 5 N–H and O–H groups in total. The topological polar surface area (TPSA) is 176 Å². The van der Waals surface area contributed by atoms with Crippen LogP contribution in [-0.2, 0) is 30.8 Å². The summed E-state index contributed by atoms with van der Waals surface area (Å²) in [6, 6.07) is 24.4. The van der Waals surface area contributed by atoms with E-state index in [-0.39, 0.29) is 24.1 Å². The SMILES string of the molecule is [B]NC(CCCCOCc1ccccc1)C(=O)NC(CCS(C)(=O)=O)C(=O)N1C2CCCCC2CC1C(O)NC(CC)[P+](O)(Oc1ccccc1)Oc1ccccc1. The predicted octanol–water partition coefficient (Wildman–Crippen LogP) is 5.05. The van der Waals surface area contributed by atoms with Crippen LogP contribution in [-0.4, -0.2) is 97.9 Å². The van der Waals surface area contributed by atoms with Crippen molar-refractivity contribution in [2.45, 2.75) is 114 Å². The van der Waals surface area contributed by atoms with Crippen LogP contribution in [0.25, 0.3) is 0 Å². The fraction of sp³-hybridized carbons (Fsp3) is 0.524. The molecule has 1 saturated carbocycles. The number of carbonyl (C=O) groups excluding carboxylic acids is 2. The van der Waals surface area contributed by atoms with Crippen LogP contribution in [0.3, 0.4) is 0 Å². The quantitative estimate of drug-likeness (QED) is 0.0374. The molecule has 0 bridgehead atoms. The van der Waals surface area contributed by atoms with Gasteiger partial charge < -0.3 is 25.3 Å². The van der Waals surface area contributed by atoms with E-state index < -0.39 is 59.7 Å². The highest BCUT2D eigenvalue weighted by molar-refractivity contribution is 7.90. The Morgan fingerprint density at radius 1 is 0.897 bits per heavy atom. The third-order valence-electron chi connectivity index (χ3n) is 10.9.